The van der Waals surface area contributed by atoms with Gasteiger partial charge in [0.25, 0.3) is 5.91 Å². The molecule has 1 aromatic carbocycles. The third kappa shape index (κ3) is 3.84. The largest absolute Gasteiger partial charge is 0.545 e. The molecule has 3 rings (SSSR count). The number of hydrazone groups is 1. The van der Waals surface area contributed by atoms with E-state index in [4.69, 9.17) is 4.42 Å². The number of carbonyl (C=O) groups excluding carboxylic acids is 2. The Morgan fingerprint density at radius 2 is 1.88 bits per heavy atom. The van der Waals surface area contributed by atoms with Gasteiger partial charge < -0.3 is 14.3 Å². The number of carboxylic acids is 1. The maximum absolute atomic E-state index is 11.9. The molecule has 7 heteroatoms. The minimum absolute atomic E-state index is 0.0711. The topological polar surface area (TPSA) is 108 Å². The van der Waals surface area contributed by atoms with Gasteiger partial charge in [-0.1, -0.05) is 12.1 Å². The fraction of sp³-hybridized carbons (Fsp3) is 0.0526. The lowest BCUT2D eigenvalue weighted by atomic mass is 10.0. The molecule has 0 atom stereocenters. The summed E-state index contributed by atoms with van der Waals surface area (Å²) in [6.07, 6.45) is 4.39. The van der Waals surface area contributed by atoms with Gasteiger partial charge in [0, 0.05) is 23.5 Å². The number of aromatic nitrogens is 1. The summed E-state index contributed by atoms with van der Waals surface area (Å²) >= 11 is 0. The van der Waals surface area contributed by atoms with Crippen LogP contribution in [0.3, 0.4) is 0 Å². The van der Waals surface area contributed by atoms with Crippen molar-refractivity contribution in [3.8, 4) is 11.3 Å². The maximum Gasteiger partial charge on any atom is 0.271 e. The molecule has 1 amide bonds. The summed E-state index contributed by atoms with van der Waals surface area (Å²) in [5.74, 6) is -0.716. The summed E-state index contributed by atoms with van der Waals surface area (Å²) in [7, 11) is 0. The van der Waals surface area contributed by atoms with E-state index < -0.39 is 5.97 Å². The van der Waals surface area contributed by atoms with Gasteiger partial charge in [0.05, 0.1) is 12.2 Å². The van der Waals surface area contributed by atoms with Crippen molar-refractivity contribution in [2.45, 2.75) is 6.92 Å². The van der Waals surface area contributed by atoms with Gasteiger partial charge in [0.15, 0.2) is 0 Å². The Kier molecular flexibility index (Phi) is 4.89. The number of amides is 1. The third-order valence-corrected chi connectivity index (χ3v) is 3.67. The zero-order valence-corrected chi connectivity index (χ0v) is 13.8. The molecular formula is C19H14N3O4-. The highest BCUT2D eigenvalue weighted by Gasteiger charge is 2.09. The Hall–Kier alpha value is -3.74. The van der Waals surface area contributed by atoms with Crippen molar-refractivity contribution in [2.75, 3.05) is 0 Å². The minimum Gasteiger partial charge on any atom is -0.545 e. The van der Waals surface area contributed by atoms with Crippen LogP contribution in [0.1, 0.15) is 32.0 Å². The number of furan rings is 1. The van der Waals surface area contributed by atoms with E-state index in [9.17, 15) is 14.7 Å². The summed E-state index contributed by atoms with van der Waals surface area (Å²) in [6, 6.07) is 11.2. The summed E-state index contributed by atoms with van der Waals surface area (Å²) in [6.45, 7) is 1.85. The predicted molar refractivity (Wildman–Crippen MR) is 92.5 cm³/mol. The molecule has 1 N–H and O–H groups in total. The zero-order chi connectivity index (χ0) is 18.5. The minimum atomic E-state index is -1.25. The molecule has 0 bridgehead atoms. The van der Waals surface area contributed by atoms with Gasteiger partial charge in [0.1, 0.15) is 11.5 Å². The second kappa shape index (κ2) is 7.43. The van der Waals surface area contributed by atoms with Crippen LogP contribution in [-0.4, -0.2) is 23.1 Å². The lowest BCUT2D eigenvalue weighted by molar-refractivity contribution is -0.255. The first-order valence-corrected chi connectivity index (χ1v) is 7.70. The second-order valence-electron chi connectivity index (χ2n) is 5.45. The molecule has 0 spiro atoms. The van der Waals surface area contributed by atoms with E-state index in [1.54, 1.807) is 30.3 Å². The molecular weight excluding hydrogens is 334 g/mol. The van der Waals surface area contributed by atoms with Crippen molar-refractivity contribution in [1.29, 1.82) is 0 Å². The van der Waals surface area contributed by atoms with E-state index in [0.717, 1.165) is 5.56 Å². The van der Waals surface area contributed by atoms with E-state index in [0.29, 0.717) is 22.6 Å². The van der Waals surface area contributed by atoms with Gasteiger partial charge in [-0.15, -0.1) is 0 Å². The number of pyridine rings is 1. The first kappa shape index (κ1) is 17.1. The third-order valence-electron chi connectivity index (χ3n) is 3.67. The molecule has 0 radical (unpaired) electrons. The summed E-state index contributed by atoms with van der Waals surface area (Å²) in [5.41, 5.74) is 4.40. The highest BCUT2D eigenvalue weighted by molar-refractivity contribution is 5.94. The quantitative estimate of drug-likeness (QED) is 0.558. The van der Waals surface area contributed by atoms with Crippen LogP contribution >= 0.6 is 0 Å². The van der Waals surface area contributed by atoms with E-state index >= 15 is 0 Å². The number of benzene rings is 1. The maximum atomic E-state index is 11.9. The Bertz CT molecular complexity index is 977. The Morgan fingerprint density at radius 1 is 1.12 bits per heavy atom. The predicted octanol–water partition coefficient (Wildman–Crippen LogP) is 1.78. The van der Waals surface area contributed by atoms with E-state index in [1.807, 2.05) is 6.92 Å². The zero-order valence-electron chi connectivity index (χ0n) is 13.8. The van der Waals surface area contributed by atoms with Crippen LogP contribution in [0.5, 0.6) is 0 Å². The van der Waals surface area contributed by atoms with Crippen LogP contribution in [0.4, 0.5) is 0 Å². The molecule has 2 heterocycles. The first-order valence-electron chi connectivity index (χ1n) is 7.70. The van der Waals surface area contributed by atoms with Crippen LogP contribution in [0, 0.1) is 6.92 Å². The van der Waals surface area contributed by atoms with Gasteiger partial charge >= 0.3 is 0 Å². The normalized spacial score (nSPS) is 10.8. The van der Waals surface area contributed by atoms with E-state index in [-0.39, 0.29) is 11.5 Å². The molecule has 0 fully saturated rings. The summed E-state index contributed by atoms with van der Waals surface area (Å²) < 4.78 is 5.65. The van der Waals surface area contributed by atoms with Gasteiger partial charge in [-0.2, -0.15) is 5.10 Å². The molecule has 7 nitrogen and oxygen atoms in total. The molecule has 3 aromatic rings. The van der Waals surface area contributed by atoms with Crippen LogP contribution < -0.4 is 10.5 Å². The number of rotatable bonds is 5. The average Bonchev–Trinajstić information content (AvgIpc) is 3.11. The van der Waals surface area contributed by atoms with Crippen LogP contribution in [0.2, 0.25) is 0 Å². The standard InChI is InChI=1S/C19H15N3O4/c1-12-2-3-14(19(24)25)10-16(12)17-5-4-15(26-17)11-21-22-18(23)13-6-8-20-9-7-13/h2-11H,1H3,(H,22,23)(H,24,25)/p-1/b21-11+. The molecule has 0 unspecified atom stereocenters. The van der Waals surface area contributed by atoms with E-state index in [1.165, 1.54) is 30.7 Å². The van der Waals surface area contributed by atoms with Crippen LogP contribution in [0.15, 0.2) is 64.4 Å². The summed E-state index contributed by atoms with van der Waals surface area (Å²) in [4.78, 5) is 26.7. The molecule has 0 saturated heterocycles. The van der Waals surface area contributed by atoms with E-state index in [2.05, 4.69) is 15.5 Å². The molecule has 130 valence electrons. The Labute approximate surface area is 149 Å². The van der Waals surface area contributed by atoms with Gasteiger partial charge in [-0.3, -0.25) is 9.78 Å². The number of nitrogens with one attached hydrogen (secondary N) is 1. The lowest BCUT2D eigenvalue weighted by Gasteiger charge is -2.07. The molecule has 0 aliphatic heterocycles. The molecule has 0 saturated carbocycles. The highest BCUT2D eigenvalue weighted by atomic mass is 16.4. The Morgan fingerprint density at radius 3 is 2.62 bits per heavy atom. The molecule has 0 aliphatic rings. The average molecular weight is 348 g/mol. The van der Waals surface area contributed by atoms with Crippen molar-refractivity contribution in [3.63, 3.8) is 0 Å². The van der Waals surface area contributed by atoms with Gasteiger partial charge in [0.2, 0.25) is 0 Å². The number of hydrogen-bond acceptors (Lipinski definition) is 6. The van der Waals surface area contributed by atoms with Crippen molar-refractivity contribution >= 4 is 18.1 Å². The SMILES string of the molecule is Cc1ccc(C(=O)[O-])cc1-c1ccc(/C=N/NC(=O)c2ccncc2)o1. The summed E-state index contributed by atoms with van der Waals surface area (Å²) in [5, 5.41) is 14.9. The van der Waals surface area contributed by atoms with Gasteiger partial charge in [-0.05, 0) is 48.4 Å². The fourth-order valence-electron chi connectivity index (χ4n) is 2.30. The number of carboxylic acid groups (broad SMARTS) is 1. The number of aryl methyl sites for hydroxylation is 1. The van der Waals surface area contributed by atoms with Crippen molar-refractivity contribution in [1.82, 2.24) is 10.4 Å². The second-order valence-corrected chi connectivity index (χ2v) is 5.45. The molecule has 26 heavy (non-hydrogen) atoms. The number of aromatic carboxylic acids is 1. The molecule has 2 aromatic heterocycles. The van der Waals surface area contributed by atoms with Crippen LogP contribution in [-0.2, 0) is 0 Å². The van der Waals surface area contributed by atoms with Crippen molar-refractivity contribution in [2.24, 2.45) is 5.10 Å². The smallest absolute Gasteiger partial charge is 0.271 e. The van der Waals surface area contributed by atoms with Crippen molar-refractivity contribution < 1.29 is 19.1 Å². The number of carbonyl (C=O) groups is 2. The molecule has 0 aliphatic carbocycles. The lowest BCUT2D eigenvalue weighted by Crippen LogP contribution is -2.22. The number of hydrogen-bond donors (Lipinski definition) is 1. The Balaban J connectivity index is 1.73. The fourth-order valence-corrected chi connectivity index (χ4v) is 2.30. The monoisotopic (exact) mass is 348 g/mol. The number of nitrogens with zero attached hydrogens (tertiary/aromatic N) is 2. The van der Waals surface area contributed by atoms with Crippen LogP contribution in [0.25, 0.3) is 11.3 Å². The van der Waals surface area contributed by atoms with Gasteiger partial charge in [-0.25, -0.2) is 5.43 Å². The van der Waals surface area contributed by atoms with Crippen molar-refractivity contribution in [3.05, 3.63) is 77.3 Å². The first-order chi connectivity index (χ1) is 12.5. The highest BCUT2D eigenvalue weighted by Crippen LogP contribution is 2.26.